The molecular weight excluding hydrogens is 452 g/mol. The standard InChI is InChI=1S/C27H26N8O/c1-35-11-9-22(16-35)32-27(36)24-12-18-2-3-19(13-23(18)33-24)26-28-10-8-25(34-26)31-21-6-4-17(5-7-21)20-14-29-30-15-20/h2-8,10,12-15,22,33H,9,11,16H2,1H3,(H,29,30)(H,32,36)(H,28,31,34). The molecule has 180 valence electrons. The van der Waals surface area contributed by atoms with Gasteiger partial charge in [-0.2, -0.15) is 5.10 Å². The van der Waals surface area contributed by atoms with Crippen molar-refractivity contribution in [3.8, 4) is 22.5 Å². The number of hydrogen-bond acceptors (Lipinski definition) is 6. The van der Waals surface area contributed by atoms with Crippen molar-refractivity contribution in [2.24, 2.45) is 0 Å². The molecule has 5 aromatic rings. The number of likely N-dealkylation sites (N-methyl/N-ethyl adjacent to an activating group) is 1. The first-order chi connectivity index (χ1) is 17.6. The Hall–Kier alpha value is -4.50. The Morgan fingerprint density at radius 1 is 1.06 bits per heavy atom. The van der Waals surface area contributed by atoms with Crippen molar-refractivity contribution in [1.82, 2.24) is 35.4 Å². The van der Waals surface area contributed by atoms with Gasteiger partial charge in [0.05, 0.1) is 6.20 Å². The Kier molecular flexibility index (Phi) is 5.67. The lowest BCUT2D eigenvalue weighted by Gasteiger charge is -2.11. The molecule has 1 aliphatic rings. The molecule has 1 aliphatic heterocycles. The highest BCUT2D eigenvalue weighted by Crippen LogP contribution is 2.25. The van der Waals surface area contributed by atoms with Gasteiger partial charge in [-0.15, -0.1) is 0 Å². The highest BCUT2D eigenvalue weighted by molar-refractivity contribution is 5.98. The predicted octanol–water partition coefficient (Wildman–Crippen LogP) is 4.19. The van der Waals surface area contributed by atoms with Gasteiger partial charge in [0.1, 0.15) is 11.5 Å². The number of aromatic amines is 2. The SMILES string of the molecule is CN1CCC(NC(=O)c2cc3ccc(-c4nccc(Nc5ccc(-c6cn[nH]c6)cc5)n4)cc3[nH]2)C1. The lowest BCUT2D eigenvalue weighted by atomic mass is 10.1. The zero-order chi connectivity index (χ0) is 24.5. The van der Waals surface area contributed by atoms with Gasteiger partial charge in [0.25, 0.3) is 5.91 Å². The van der Waals surface area contributed by atoms with E-state index in [9.17, 15) is 4.79 Å². The number of H-pyrrole nitrogens is 2. The molecule has 0 saturated carbocycles. The van der Waals surface area contributed by atoms with Crippen LogP contribution in [-0.4, -0.2) is 62.1 Å². The quantitative estimate of drug-likeness (QED) is 0.291. The third-order valence-electron chi connectivity index (χ3n) is 6.50. The molecule has 0 spiro atoms. The number of anilines is 2. The fraction of sp³-hybridized carbons (Fsp3) is 0.185. The number of fused-ring (bicyclic) bond motifs is 1. The second kappa shape index (κ2) is 9.27. The van der Waals surface area contributed by atoms with Crippen molar-refractivity contribution in [2.75, 3.05) is 25.5 Å². The maximum absolute atomic E-state index is 12.7. The number of rotatable bonds is 6. The van der Waals surface area contributed by atoms with E-state index in [0.29, 0.717) is 17.3 Å². The van der Waals surface area contributed by atoms with E-state index in [0.717, 1.165) is 52.8 Å². The number of carbonyl (C=O) groups excluding carboxylic acids is 1. The first kappa shape index (κ1) is 22.0. The van der Waals surface area contributed by atoms with E-state index in [1.54, 1.807) is 12.4 Å². The number of aromatic nitrogens is 5. The Balaban J connectivity index is 1.18. The van der Waals surface area contributed by atoms with E-state index in [-0.39, 0.29) is 11.9 Å². The number of carbonyl (C=O) groups is 1. The highest BCUT2D eigenvalue weighted by Gasteiger charge is 2.22. The molecule has 9 nitrogen and oxygen atoms in total. The number of nitrogens with one attached hydrogen (secondary N) is 4. The third kappa shape index (κ3) is 4.56. The van der Waals surface area contributed by atoms with Crippen LogP contribution < -0.4 is 10.6 Å². The second-order valence-corrected chi connectivity index (χ2v) is 9.16. The van der Waals surface area contributed by atoms with Crippen LogP contribution in [0.25, 0.3) is 33.4 Å². The molecule has 1 amide bonds. The summed E-state index contributed by atoms with van der Waals surface area (Å²) in [6.45, 7) is 1.89. The first-order valence-electron chi connectivity index (χ1n) is 11.9. The minimum atomic E-state index is -0.0747. The smallest absolute Gasteiger partial charge is 0.267 e. The summed E-state index contributed by atoms with van der Waals surface area (Å²) in [7, 11) is 2.07. The maximum Gasteiger partial charge on any atom is 0.267 e. The third-order valence-corrected chi connectivity index (χ3v) is 6.50. The molecular formula is C27H26N8O. The molecule has 4 heterocycles. The van der Waals surface area contributed by atoms with Gasteiger partial charge in [-0.3, -0.25) is 9.89 Å². The summed E-state index contributed by atoms with van der Waals surface area (Å²) < 4.78 is 0. The molecule has 1 atom stereocenters. The van der Waals surface area contributed by atoms with Crippen molar-refractivity contribution >= 4 is 28.3 Å². The summed E-state index contributed by atoms with van der Waals surface area (Å²) in [4.78, 5) is 27.4. The van der Waals surface area contributed by atoms with Crippen LogP contribution in [-0.2, 0) is 0 Å². The molecule has 0 bridgehead atoms. The molecule has 2 aromatic carbocycles. The van der Waals surface area contributed by atoms with Gasteiger partial charge >= 0.3 is 0 Å². The maximum atomic E-state index is 12.7. The summed E-state index contributed by atoms with van der Waals surface area (Å²) in [6, 6.07) is 17.9. The molecule has 6 rings (SSSR count). The van der Waals surface area contributed by atoms with E-state index in [2.05, 4.69) is 42.7 Å². The van der Waals surface area contributed by atoms with Crippen LogP contribution in [0.15, 0.2) is 73.2 Å². The average molecular weight is 479 g/mol. The lowest BCUT2D eigenvalue weighted by Crippen LogP contribution is -2.36. The Bertz CT molecular complexity index is 1510. The number of nitrogens with zero attached hydrogens (tertiary/aromatic N) is 4. The first-order valence-corrected chi connectivity index (χ1v) is 11.9. The van der Waals surface area contributed by atoms with Crippen molar-refractivity contribution < 1.29 is 4.79 Å². The Labute approximate surface area is 208 Å². The molecule has 3 aromatic heterocycles. The van der Waals surface area contributed by atoms with Crippen LogP contribution in [0.2, 0.25) is 0 Å². The van der Waals surface area contributed by atoms with Crippen LogP contribution in [0.1, 0.15) is 16.9 Å². The molecule has 1 saturated heterocycles. The van der Waals surface area contributed by atoms with Gasteiger partial charge in [0, 0.05) is 52.7 Å². The summed E-state index contributed by atoms with van der Waals surface area (Å²) in [5.74, 6) is 1.23. The molecule has 0 aliphatic carbocycles. The van der Waals surface area contributed by atoms with E-state index in [4.69, 9.17) is 4.98 Å². The van der Waals surface area contributed by atoms with Crippen LogP contribution >= 0.6 is 0 Å². The number of benzene rings is 2. The summed E-state index contributed by atoms with van der Waals surface area (Å²) >= 11 is 0. The van der Waals surface area contributed by atoms with Crippen molar-refractivity contribution in [1.29, 1.82) is 0 Å². The number of amides is 1. The van der Waals surface area contributed by atoms with Gasteiger partial charge in [0.2, 0.25) is 0 Å². The summed E-state index contributed by atoms with van der Waals surface area (Å²) in [6.07, 6.45) is 6.37. The minimum absolute atomic E-state index is 0.0747. The normalized spacial score (nSPS) is 15.9. The Morgan fingerprint density at radius 3 is 2.69 bits per heavy atom. The van der Waals surface area contributed by atoms with Gasteiger partial charge < -0.3 is 20.5 Å². The van der Waals surface area contributed by atoms with Gasteiger partial charge in [-0.25, -0.2) is 9.97 Å². The topological polar surface area (TPSA) is 115 Å². The van der Waals surface area contributed by atoms with Gasteiger partial charge in [-0.05, 0) is 55.9 Å². The fourth-order valence-electron chi connectivity index (χ4n) is 4.57. The Morgan fingerprint density at radius 2 is 1.92 bits per heavy atom. The lowest BCUT2D eigenvalue weighted by molar-refractivity contribution is 0.0934. The largest absolute Gasteiger partial charge is 0.351 e. The number of hydrogen-bond donors (Lipinski definition) is 4. The highest BCUT2D eigenvalue weighted by atomic mass is 16.2. The zero-order valence-electron chi connectivity index (χ0n) is 19.8. The average Bonchev–Trinajstić information content (AvgIpc) is 3.65. The summed E-state index contributed by atoms with van der Waals surface area (Å²) in [5, 5.41) is 14.3. The van der Waals surface area contributed by atoms with E-state index in [1.165, 1.54) is 0 Å². The van der Waals surface area contributed by atoms with E-state index < -0.39 is 0 Å². The predicted molar refractivity (Wildman–Crippen MR) is 140 cm³/mol. The van der Waals surface area contributed by atoms with Gasteiger partial charge in [0.15, 0.2) is 5.82 Å². The molecule has 9 heteroatoms. The molecule has 4 N–H and O–H groups in total. The van der Waals surface area contributed by atoms with Crippen LogP contribution in [0.4, 0.5) is 11.5 Å². The number of likely N-dealkylation sites (tertiary alicyclic amines) is 1. The van der Waals surface area contributed by atoms with Crippen molar-refractivity contribution in [3.05, 3.63) is 78.9 Å². The second-order valence-electron chi connectivity index (χ2n) is 9.16. The zero-order valence-corrected chi connectivity index (χ0v) is 19.8. The molecule has 36 heavy (non-hydrogen) atoms. The van der Waals surface area contributed by atoms with E-state index >= 15 is 0 Å². The van der Waals surface area contributed by atoms with Crippen molar-refractivity contribution in [3.63, 3.8) is 0 Å². The van der Waals surface area contributed by atoms with Crippen LogP contribution in [0.3, 0.4) is 0 Å². The van der Waals surface area contributed by atoms with Crippen LogP contribution in [0, 0.1) is 0 Å². The molecule has 1 fully saturated rings. The summed E-state index contributed by atoms with van der Waals surface area (Å²) in [5.41, 5.74) is 5.35. The van der Waals surface area contributed by atoms with E-state index in [1.807, 2.05) is 60.8 Å². The van der Waals surface area contributed by atoms with Crippen LogP contribution in [0.5, 0.6) is 0 Å². The molecule has 0 radical (unpaired) electrons. The monoisotopic (exact) mass is 478 g/mol. The van der Waals surface area contributed by atoms with Crippen molar-refractivity contribution in [2.45, 2.75) is 12.5 Å². The van der Waals surface area contributed by atoms with Gasteiger partial charge in [-0.1, -0.05) is 24.3 Å². The molecule has 1 unspecified atom stereocenters. The minimum Gasteiger partial charge on any atom is -0.351 e. The fourth-order valence-corrected chi connectivity index (χ4v) is 4.57.